The van der Waals surface area contributed by atoms with E-state index >= 15 is 0 Å². The maximum Gasteiger partial charge on any atom is 0.119 e. The number of hydrogen-bond acceptors (Lipinski definition) is 1. The van der Waals surface area contributed by atoms with Gasteiger partial charge in [-0.05, 0) is 42.0 Å². The average molecular weight is 192 g/mol. The molecule has 0 amide bonds. The number of ether oxygens (including phenoxy) is 1. The van der Waals surface area contributed by atoms with Crippen molar-refractivity contribution in [3.05, 3.63) is 29.3 Å². The zero-order valence-corrected chi connectivity index (χ0v) is 9.63. The van der Waals surface area contributed by atoms with Crippen LogP contribution in [0.4, 0.5) is 0 Å². The smallest absolute Gasteiger partial charge is 0.119 e. The summed E-state index contributed by atoms with van der Waals surface area (Å²) >= 11 is 0. The molecule has 1 heteroatoms. The highest BCUT2D eigenvalue weighted by molar-refractivity contribution is 5.34. The predicted octanol–water partition coefficient (Wildman–Crippen LogP) is 3.46. The number of methoxy groups -OCH3 is 1. The molecule has 0 saturated carbocycles. The first kappa shape index (κ1) is 11.1. The van der Waals surface area contributed by atoms with E-state index in [4.69, 9.17) is 4.74 Å². The van der Waals surface area contributed by atoms with Crippen LogP contribution in [0.3, 0.4) is 0 Å². The van der Waals surface area contributed by atoms with Crippen molar-refractivity contribution in [2.75, 3.05) is 7.11 Å². The summed E-state index contributed by atoms with van der Waals surface area (Å²) in [7, 11) is 1.73. The molecular weight excluding hydrogens is 172 g/mol. The summed E-state index contributed by atoms with van der Waals surface area (Å²) in [5.41, 5.74) is 2.75. The normalized spacial score (nSPS) is 10.6. The first-order chi connectivity index (χ1) is 6.65. The summed E-state index contributed by atoms with van der Waals surface area (Å²) < 4.78 is 5.28. The second-order valence-electron chi connectivity index (χ2n) is 4.14. The molecule has 0 aromatic heterocycles. The molecule has 1 aromatic rings. The van der Waals surface area contributed by atoms with E-state index in [2.05, 4.69) is 39.0 Å². The lowest BCUT2D eigenvalue weighted by Gasteiger charge is -2.09. The summed E-state index contributed by atoms with van der Waals surface area (Å²) in [6.45, 7) is 6.66. The largest absolute Gasteiger partial charge is 0.497 e. The second kappa shape index (κ2) is 5.04. The predicted molar refractivity (Wildman–Crippen MR) is 60.9 cm³/mol. The quantitative estimate of drug-likeness (QED) is 0.710. The third-order valence-corrected chi connectivity index (χ3v) is 2.31. The van der Waals surface area contributed by atoms with E-state index in [-0.39, 0.29) is 0 Å². The maximum atomic E-state index is 5.28. The van der Waals surface area contributed by atoms with Crippen LogP contribution in [0.5, 0.6) is 5.75 Å². The number of benzene rings is 1. The van der Waals surface area contributed by atoms with Crippen LogP contribution in [0.1, 0.15) is 31.9 Å². The maximum absolute atomic E-state index is 5.28. The lowest BCUT2D eigenvalue weighted by Crippen LogP contribution is -1.96. The van der Waals surface area contributed by atoms with Crippen LogP contribution in [0.2, 0.25) is 0 Å². The molecule has 0 unspecified atom stereocenters. The van der Waals surface area contributed by atoms with E-state index < -0.39 is 0 Å². The Morgan fingerprint density at radius 2 is 1.79 bits per heavy atom. The Bertz CT molecular complexity index is 267. The van der Waals surface area contributed by atoms with Crippen LogP contribution in [0.15, 0.2) is 18.2 Å². The van der Waals surface area contributed by atoms with Gasteiger partial charge in [-0.15, -0.1) is 0 Å². The summed E-state index contributed by atoms with van der Waals surface area (Å²) in [5, 5.41) is 0. The highest BCUT2D eigenvalue weighted by atomic mass is 16.5. The zero-order valence-electron chi connectivity index (χ0n) is 9.63. The number of rotatable bonds is 4. The minimum atomic E-state index is 0.701. The monoisotopic (exact) mass is 192 g/mol. The van der Waals surface area contributed by atoms with E-state index in [1.807, 2.05) is 0 Å². The van der Waals surface area contributed by atoms with Gasteiger partial charge in [0.1, 0.15) is 5.75 Å². The molecule has 0 saturated heterocycles. The fourth-order valence-electron chi connectivity index (χ4n) is 1.64. The molecule has 0 radical (unpaired) electrons. The lowest BCUT2D eigenvalue weighted by molar-refractivity contribution is 0.413. The minimum Gasteiger partial charge on any atom is -0.497 e. The van der Waals surface area contributed by atoms with E-state index in [1.165, 1.54) is 11.1 Å². The number of aryl methyl sites for hydroxylation is 1. The molecule has 1 rings (SSSR count). The summed E-state index contributed by atoms with van der Waals surface area (Å²) in [6.07, 6.45) is 2.20. The first-order valence-corrected chi connectivity index (χ1v) is 5.32. The van der Waals surface area contributed by atoms with E-state index in [0.29, 0.717) is 5.92 Å². The van der Waals surface area contributed by atoms with Crippen molar-refractivity contribution in [1.82, 2.24) is 0 Å². The van der Waals surface area contributed by atoms with Crippen LogP contribution >= 0.6 is 0 Å². The molecule has 0 atom stereocenters. The van der Waals surface area contributed by atoms with Crippen molar-refractivity contribution >= 4 is 0 Å². The van der Waals surface area contributed by atoms with Gasteiger partial charge in [0.05, 0.1) is 7.11 Å². The first-order valence-electron chi connectivity index (χ1n) is 5.32. The van der Waals surface area contributed by atoms with Gasteiger partial charge in [0.15, 0.2) is 0 Å². The molecule has 78 valence electrons. The Balaban J connectivity index is 2.92. The molecule has 0 bridgehead atoms. The zero-order chi connectivity index (χ0) is 10.6. The molecule has 0 N–H and O–H groups in total. The van der Waals surface area contributed by atoms with Crippen LogP contribution in [-0.2, 0) is 12.8 Å². The van der Waals surface area contributed by atoms with Crippen molar-refractivity contribution < 1.29 is 4.74 Å². The standard InChI is InChI=1S/C13H20O/c1-5-11-7-12(6-10(2)3)9-13(8-11)14-4/h7-10H,5-6H2,1-4H3. The molecule has 14 heavy (non-hydrogen) atoms. The highest BCUT2D eigenvalue weighted by Crippen LogP contribution is 2.19. The fourth-order valence-corrected chi connectivity index (χ4v) is 1.64. The third-order valence-electron chi connectivity index (χ3n) is 2.31. The Morgan fingerprint density at radius 1 is 1.14 bits per heavy atom. The molecule has 0 fully saturated rings. The van der Waals surface area contributed by atoms with Crippen LogP contribution in [0.25, 0.3) is 0 Å². The van der Waals surface area contributed by atoms with E-state index in [0.717, 1.165) is 18.6 Å². The lowest BCUT2D eigenvalue weighted by atomic mass is 10.00. The Labute approximate surface area is 87.1 Å². The summed E-state index contributed by atoms with van der Waals surface area (Å²) in [5.74, 6) is 1.69. The van der Waals surface area contributed by atoms with E-state index in [1.54, 1.807) is 7.11 Å². The Morgan fingerprint density at radius 3 is 2.29 bits per heavy atom. The molecule has 1 aromatic carbocycles. The van der Waals surface area contributed by atoms with Gasteiger partial charge in [-0.3, -0.25) is 0 Å². The van der Waals surface area contributed by atoms with Gasteiger partial charge in [-0.2, -0.15) is 0 Å². The fraction of sp³-hybridized carbons (Fsp3) is 0.538. The molecule has 0 heterocycles. The second-order valence-corrected chi connectivity index (χ2v) is 4.14. The van der Waals surface area contributed by atoms with Gasteiger partial charge in [0.2, 0.25) is 0 Å². The van der Waals surface area contributed by atoms with Gasteiger partial charge in [0.25, 0.3) is 0 Å². The van der Waals surface area contributed by atoms with Crippen molar-refractivity contribution in [3.63, 3.8) is 0 Å². The van der Waals surface area contributed by atoms with Gasteiger partial charge in [-0.1, -0.05) is 26.8 Å². The van der Waals surface area contributed by atoms with Crippen LogP contribution < -0.4 is 4.74 Å². The summed E-state index contributed by atoms with van der Waals surface area (Å²) in [4.78, 5) is 0. The van der Waals surface area contributed by atoms with Crippen molar-refractivity contribution in [3.8, 4) is 5.75 Å². The third kappa shape index (κ3) is 3.06. The molecule has 0 spiro atoms. The summed E-state index contributed by atoms with van der Waals surface area (Å²) in [6, 6.07) is 6.53. The van der Waals surface area contributed by atoms with Gasteiger partial charge in [0, 0.05) is 0 Å². The highest BCUT2D eigenvalue weighted by Gasteiger charge is 2.02. The topological polar surface area (TPSA) is 9.23 Å². The molecule has 0 aliphatic heterocycles. The van der Waals surface area contributed by atoms with E-state index in [9.17, 15) is 0 Å². The average Bonchev–Trinajstić information content (AvgIpc) is 2.16. The minimum absolute atomic E-state index is 0.701. The Hall–Kier alpha value is -0.980. The van der Waals surface area contributed by atoms with Gasteiger partial charge < -0.3 is 4.74 Å². The van der Waals surface area contributed by atoms with Crippen LogP contribution in [0, 0.1) is 5.92 Å². The van der Waals surface area contributed by atoms with Crippen molar-refractivity contribution in [2.45, 2.75) is 33.6 Å². The van der Waals surface area contributed by atoms with Crippen LogP contribution in [-0.4, -0.2) is 7.11 Å². The molecular formula is C13H20O. The molecule has 1 nitrogen and oxygen atoms in total. The van der Waals surface area contributed by atoms with Crippen molar-refractivity contribution in [2.24, 2.45) is 5.92 Å². The van der Waals surface area contributed by atoms with Crippen molar-refractivity contribution in [1.29, 1.82) is 0 Å². The molecule has 0 aliphatic rings. The van der Waals surface area contributed by atoms with Gasteiger partial charge in [-0.25, -0.2) is 0 Å². The SMILES string of the molecule is CCc1cc(CC(C)C)cc(OC)c1. The molecule has 0 aliphatic carbocycles. The Kier molecular flexibility index (Phi) is 3.99. The number of hydrogen-bond donors (Lipinski definition) is 0. The van der Waals surface area contributed by atoms with Gasteiger partial charge >= 0.3 is 0 Å².